The van der Waals surface area contributed by atoms with Crippen molar-refractivity contribution in [2.75, 3.05) is 26.1 Å². The summed E-state index contributed by atoms with van der Waals surface area (Å²) in [6.45, 7) is 7.02. The number of likely N-dealkylation sites (N-methyl/N-ethyl adjacent to an activating group) is 1. The zero-order valence-corrected chi connectivity index (χ0v) is 26.8. The molecule has 8 atom stereocenters. The zero-order valence-electron chi connectivity index (χ0n) is 26.0. The number of hydrogen-bond donors (Lipinski definition) is 4. The van der Waals surface area contributed by atoms with Crippen molar-refractivity contribution < 1.29 is 43.5 Å². The second-order valence-corrected chi connectivity index (χ2v) is 12.4. The van der Waals surface area contributed by atoms with Gasteiger partial charge in [0, 0.05) is 19.4 Å². The van der Waals surface area contributed by atoms with Crippen LogP contribution in [-0.2, 0) is 30.2 Å². The number of nitrogens with one attached hydrogen (secondary N) is 2. The van der Waals surface area contributed by atoms with Crippen LogP contribution in [0.25, 0.3) is 0 Å². The third-order valence-corrected chi connectivity index (χ3v) is 9.15. The molecule has 1 aromatic carbocycles. The molecule has 1 aromatic rings. The summed E-state index contributed by atoms with van der Waals surface area (Å²) in [4.78, 5) is 40.7. The quantitative estimate of drug-likeness (QED) is 0.286. The van der Waals surface area contributed by atoms with Crippen molar-refractivity contribution in [2.45, 2.75) is 88.7 Å². The maximum atomic E-state index is 13.8. The highest BCUT2D eigenvalue weighted by molar-refractivity contribution is 6.35. The summed E-state index contributed by atoms with van der Waals surface area (Å²) < 4.78 is 23.0. The number of carbonyl (C=O) groups excluding carboxylic acids is 3. The highest BCUT2D eigenvalue weighted by atomic mass is 35.5. The molecule has 4 bridgehead atoms. The highest BCUT2D eigenvalue weighted by Gasteiger charge is 2.64. The topological polar surface area (TPSA) is 159 Å². The SMILES string of the molecule is CNC(C)C(=O)OC1CC(=O)N(C)c2cc(cc(OC)c2Cl)C/C(C)=C/C=C/C(O)C2(O)CC(OC(=O)N2)C(C)C2OC12C. The molecule has 0 radical (unpaired) electrons. The molecule has 0 saturated carbocycles. The molecule has 3 heterocycles. The molecule has 0 aliphatic carbocycles. The van der Waals surface area contributed by atoms with Gasteiger partial charge in [-0.3, -0.25) is 14.9 Å². The lowest BCUT2D eigenvalue weighted by molar-refractivity contribution is -0.155. The molecule has 0 spiro atoms. The van der Waals surface area contributed by atoms with Gasteiger partial charge in [-0.2, -0.15) is 0 Å². The average molecular weight is 636 g/mol. The van der Waals surface area contributed by atoms with E-state index in [0.29, 0.717) is 17.9 Å². The maximum Gasteiger partial charge on any atom is 0.409 e. The van der Waals surface area contributed by atoms with Crippen LogP contribution in [0.3, 0.4) is 0 Å². The second kappa shape index (κ2) is 13.1. The van der Waals surface area contributed by atoms with E-state index in [1.54, 1.807) is 59.2 Å². The van der Waals surface area contributed by atoms with E-state index in [0.717, 1.165) is 11.1 Å². The van der Waals surface area contributed by atoms with Gasteiger partial charge in [-0.15, -0.1) is 0 Å². The van der Waals surface area contributed by atoms with Crippen molar-refractivity contribution in [3.05, 3.63) is 46.5 Å². The third kappa shape index (κ3) is 6.89. The summed E-state index contributed by atoms with van der Waals surface area (Å²) in [5.41, 5.74) is -1.03. The van der Waals surface area contributed by atoms with Crippen LogP contribution < -0.4 is 20.3 Å². The number of aliphatic hydroxyl groups is 2. The van der Waals surface area contributed by atoms with E-state index >= 15 is 0 Å². The van der Waals surface area contributed by atoms with Crippen molar-refractivity contribution in [1.29, 1.82) is 0 Å². The number of ether oxygens (including phenoxy) is 4. The van der Waals surface area contributed by atoms with Crippen molar-refractivity contribution in [1.82, 2.24) is 10.6 Å². The lowest BCUT2D eigenvalue weighted by atomic mass is 9.83. The molecule has 8 unspecified atom stereocenters. The Hall–Kier alpha value is -3.16. The van der Waals surface area contributed by atoms with Crippen LogP contribution in [0.2, 0.25) is 5.02 Å². The smallest absolute Gasteiger partial charge is 0.409 e. The minimum Gasteiger partial charge on any atom is -0.495 e. The van der Waals surface area contributed by atoms with Crippen molar-refractivity contribution in [2.24, 2.45) is 5.92 Å². The maximum absolute atomic E-state index is 13.8. The number of aliphatic hydroxyl groups excluding tert-OH is 1. The van der Waals surface area contributed by atoms with Crippen LogP contribution in [-0.4, -0.2) is 91.2 Å². The number of benzene rings is 1. The van der Waals surface area contributed by atoms with Gasteiger partial charge in [0.15, 0.2) is 5.72 Å². The zero-order chi connectivity index (χ0) is 32.6. The lowest BCUT2D eigenvalue weighted by Crippen LogP contribution is -2.63. The molecule has 0 aromatic heterocycles. The van der Waals surface area contributed by atoms with Gasteiger partial charge in [0.05, 0.1) is 25.3 Å². The number of fused-ring (bicyclic) bond motifs is 5. The minimum atomic E-state index is -2.01. The summed E-state index contributed by atoms with van der Waals surface area (Å²) in [7, 11) is 4.69. The van der Waals surface area contributed by atoms with Crippen molar-refractivity contribution in [3.8, 4) is 5.75 Å². The van der Waals surface area contributed by atoms with Gasteiger partial charge >= 0.3 is 12.1 Å². The second-order valence-electron chi connectivity index (χ2n) is 12.0. The number of epoxide rings is 1. The summed E-state index contributed by atoms with van der Waals surface area (Å²) in [5, 5.41) is 27.6. The fraction of sp³-hybridized carbons (Fsp3) is 0.581. The number of nitrogens with zero attached hydrogens (tertiary/aromatic N) is 1. The third-order valence-electron chi connectivity index (χ3n) is 8.77. The van der Waals surface area contributed by atoms with Gasteiger partial charge in [0.1, 0.15) is 40.7 Å². The Bertz CT molecular complexity index is 1350. The first-order chi connectivity index (χ1) is 20.6. The molecule has 3 aliphatic rings. The Morgan fingerprint density at radius 2 is 2.02 bits per heavy atom. The first-order valence-electron chi connectivity index (χ1n) is 14.5. The summed E-state index contributed by atoms with van der Waals surface area (Å²) in [5.74, 6) is -1.09. The van der Waals surface area contributed by atoms with E-state index in [2.05, 4.69) is 10.6 Å². The average Bonchev–Trinajstić information content (AvgIpc) is 3.67. The van der Waals surface area contributed by atoms with Crippen LogP contribution in [0.1, 0.15) is 46.1 Å². The molecule has 12 nitrogen and oxygen atoms in total. The molecule has 44 heavy (non-hydrogen) atoms. The van der Waals surface area contributed by atoms with Crippen LogP contribution in [0.5, 0.6) is 5.75 Å². The number of anilines is 1. The molecule has 4 rings (SSSR count). The number of carbonyl (C=O) groups is 3. The molecule has 242 valence electrons. The number of allylic oxidation sites excluding steroid dienone is 3. The molecule has 13 heteroatoms. The van der Waals surface area contributed by atoms with E-state index in [1.165, 1.54) is 18.1 Å². The summed E-state index contributed by atoms with van der Waals surface area (Å²) in [6.07, 6.45) is -0.00556. The van der Waals surface area contributed by atoms with Crippen molar-refractivity contribution in [3.63, 3.8) is 0 Å². The standard InChI is InChI=1S/C31H42ClN3O9/c1-16-9-8-10-23(36)31(40)15-22(42-29(39)34-31)17(2)27-30(4,44-27)24(43-28(38)18(3)33-5)14-25(37)35(6)20-12-19(11-16)13-21(41-7)26(20)32/h8-10,12-13,17-18,22-24,27,33,36,40H,11,14-15H2,1-7H3,(H,34,39)/b10-8+,16-9+. The monoisotopic (exact) mass is 635 g/mol. The Balaban J connectivity index is 1.78. The number of halogens is 1. The number of esters is 1. The first kappa shape index (κ1) is 33.7. The molecular weight excluding hydrogens is 594 g/mol. The molecular formula is C31H42ClN3O9. The van der Waals surface area contributed by atoms with Gasteiger partial charge in [-0.1, -0.05) is 42.3 Å². The predicted octanol–water partition coefficient (Wildman–Crippen LogP) is 2.62. The molecule has 3 aliphatic heterocycles. The minimum absolute atomic E-state index is 0.142. The van der Waals surface area contributed by atoms with Gasteiger partial charge in [-0.25, -0.2) is 4.79 Å². The Morgan fingerprint density at radius 1 is 1.32 bits per heavy atom. The van der Waals surface area contributed by atoms with Crippen LogP contribution in [0.15, 0.2) is 35.9 Å². The van der Waals surface area contributed by atoms with Gasteiger partial charge < -0.3 is 39.4 Å². The largest absolute Gasteiger partial charge is 0.495 e. The van der Waals surface area contributed by atoms with Crippen LogP contribution in [0.4, 0.5) is 10.5 Å². The molecule has 2 saturated heterocycles. The number of hydrogen-bond acceptors (Lipinski definition) is 10. The van der Waals surface area contributed by atoms with E-state index < -0.39 is 59.8 Å². The van der Waals surface area contributed by atoms with Crippen LogP contribution >= 0.6 is 11.6 Å². The van der Waals surface area contributed by atoms with E-state index in [-0.39, 0.29) is 23.8 Å². The van der Waals surface area contributed by atoms with E-state index in [1.807, 2.05) is 6.92 Å². The Labute approximate surface area is 262 Å². The number of amides is 2. The summed E-state index contributed by atoms with van der Waals surface area (Å²) >= 11 is 6.66. The van der Waals surface area contributed by atoms with E-state index in [9.17, 15) is 24.6 Å². The number of rotatable bonds is 4. The summed E-state index contributed by atoms with van der Waals surface area (Å²) in [6, 6.07) is 2.91. The highest BCUT2D eigenvalue weighted by Crippen LogP contribution is 2.49. The predicted molar refractivity (Wildman–Crippen MR) is 162 cm³/mol. The Morgan fingerprint density at radius 3 is 2.68 bits per heavy atom. The van der Waals surface area contributed by atoms with Crippen LogP contribution in [0, 0.1) is 5.92 Å². The molecule has 4 N–H and O–H groups in total. The van der Waals surface area contributed by atoms with Gasteiger partial charge in [0.2, 0.25) is 5.91 Å². The molecule has 2 amide bonds. The fourth-order valence-electron chi connectivity index (χ4n) is 5.70. The van der Waals surface area contributed by atoms with Crippen molar-refractivity contribution >= 4 is 35.3 Å². The first-order valence-corrected chi connectivity index (χ1v) is 14.9. The van der Waals surface area contributed by atoms with Gasteiger partial charge in [-0.05, 0) is 51.9 Å². The fourth-order valence-corrected chi connectivity index (χ4v) is 6.02. The normalized spacial score (nSPS) is 35.3. The number of alkyl carbamates (subject to hydrolysis) is 1. The van der Waals surface area contributed by atoms with E-state index in [4.69, 9.17) is 30.5 Å². The Kier molecular flexibility index (Phi) is 10.0. The number of methoxy groups -OCH3 is 1. The lowest BCUT2D eigenvalue weighted by Gasteiger charge is -2.41. The van der Waals surface area contributed by atoms with Gasteiger partial charge in [0.25, 0.3) is 0 Å². The molecule has 2 fully saturated rings.